The van der Waals surface area contributed by atoms with E-state index in [0.717, 1.165) is 5.69 Å². The van der Waals surface area contributed by atoms with Gasteiger partial charge < -0.3 is 5.32 Å². The van der Waals surface area contributed by atoms with Gasteiger partial charge in [0.2, 0.25) is 0 Å². The molecule has 1 aromatic rings. The highest BCUT2D eigenvalue weighted by atomic mass is 35.5. The average molecular weight is 210 g/mol. The van der Waals surface area contributed by atoms with Gasteiger partial charge in [0.15, 0.2) is 4.96 Å². The van der Waals surface area contributed by atoms with E-state index in [4.69, 9.17) is 34.8 Å². The van der Waals surface area contributed by atoms with Gasteiger partial charge in [-0.05, 0) is 24.3 Å². The van der Waals surface area contributed by atoms with E-state index in [9.17, 15) is 0 Å². The summed E-state index contributed by atoms with van der Waals surface area (Å²) in [6.45, 7) is 0. The Morgan fingerprint density at radius 3 is 2.09 bits per heavy atom. The normalized spacial score (nSPS) is 10.2. The molecule has 0 radical (unpaired) electrons. The first kappa shape index (κ1) is 8.98. The van der Waals surface area contributed by atoms with Gasteiger partial charge in [0.05, 0.1) is 0 Å². The first-order valence-corrected chi connectivity index (χ1v) is 4.24. The van der Waals surface area contributed by atoms with Crippen molar-refractivity contribution in [3.05, 3.63) is 29.3 Å². The SMILES string of the molecule is Clc1ccc(NC(Cl)Cl)cc1. The van der Waals surface area contributed by atoms with Crippen LogP contribution < -0.4 is 5.32 Å². The molecule has 0 aromatic heterocycles. The second kappa shape index (κ2) is 4.05. The third kappa shape index (κ3) is 3.19. The van der Waals surface area contributed by atoms with Crippen LogP contribution in [0, 0.1) is 0 Å². The third-order valence-corrected chi connectivity index (χ3v) is 1.59. The lowest BCUT2D eigenvalue weighted by atomic mass is 10.3. The van der Waals surface area contributed by atoms with Gasteiger partial charge in [0, 0.05) is 10.7 Å². The molecule has 0 saturated carbocycles. The summed E-state index contributed by atoms with van der Waals surface area (Å²) >= 11 is 16.6. The van der Waals surface area contributed by atoms with Crippen LogP contribution in [0.25, 0.3) is 0 Å². The molecule has 1 N–H and O–H groups in total. The van der Waals surface area contributed by atoms with Crippen LogP contribution in [-0.4, -0.2) is 4.96 Å². The van der Waals surface area contributed by atoms with Crippen molar-refractivity contribution in [2.75, 3.05) is 5.32 Å². The second-order valence-corrected chi connectivity index (χ2v) is 3.48. The van der Waals surface area contributed by atoms with Crippen LogP contribution in [0.15, 0.2) is 24.3 Å². The van der Waals surface area contributed by atoms with E-state index in [1.165, 1.54) is 0 Å². The van der Waals surface area contributed by atoms with Crippen LogP contribution in [0.2, 0.25) is 5.02 Å². The summed E-state index contributed by atoms with van der Waals surface area (Å²) in [6.07, 6.45) is 0. The summed E-state index contributed by atoms with van der Waals surface area (Å²) in [5, 5.41) is 3.50. The van der Waals surface area contributed by atoms with Gasteiger partial charge in [-0.25, -0.2) is 0 Å². The van der Waals surface area contributed by atoms with Gasteiger partial charge in [-0.15, -0.1) is 0 Å². The zero-order chi connectivity index (χ0) is 8.27. The third-order valence-electron chi connectivity index (χ3n) is 1.12. The highest BCUT2D eigenvalue weighted by Crippen LogP contribution is 2.15. The molecule has 0 aliphatic carbocycles. The first-order valence-electron chi connectivity index (χ1n) is 2.99. The van der Waals surface area contributed by atoms with Crippen molar-refractivity contribution in [2.24, 2.45) is 0 Å². The van der Waals surface area contributed by atoms with E-state index in [-0.39, 0.29) is 0 Å². The Bertz CT molecular complexity index is 220. The molecule has 11 heavy (non-hydrogen) atoms. The largest absolute Gasteiger partial charge is 0.357 e. The van der Waals surface area contributed by atoms with Crippen LogP contribution >= 0.6 is 34.8 Å². The molecule has 0 aliphatic heterocycles. The summed E-state index contributed by atoms with van der Waals surface area (Å²) < 4.78 is 0. The zero-order valence-electron chi connectivity index (χ0n) is 5.52. The Labute approximate surface area is 80.3 Å². The maximum atomic E-state index is 5.65. The van der Waals surface area contributed by atoms with Crippen LogP contribution in [0.3, 0.4) is 0 Å². The van der Waals surface area contributed by atoms with Crippen molar-refractivity contribution in [2.45, 2.75) is 4.96 Å². The Morgan fingerprint density at radius 1 is 1.09 bits per heavy atom. The molecule has 1 aromatic carbocycles. The van der Waals surface area contributed by atoms with E-state index in [1.54, 1.807) is 24.3 Å². The van der Waals surface area contributed by atoms with Gasteiger partial charge >= 0.3 is 0 Å². The van der Waals surface area contributed by atoms with Crippen LogP contribution in [-0.2, 0) is 0 Å². The quantitative estimate of drug-likeness (QED) is 0.582. The second-order valence-electron chi connectivity index (χ2n) is 1.95. The lowest BCUT2D eigenvalue weighted by Gasteiger charge is -2.05. The Balaban J connectivity index is 2.66. The summed E-state index contributed by atoms with van der Waals surface area (Å²) in [5.74, 6) is 0. The van der Waals surface area contributed by atoms with Crippen LogP contribution in [0.4, 0.5) is 5.69 Å². The standard InChI is InChI=1S/C7H6Cl3N/c8-5-1-3-6(4-2-5)11-7(9)10/h1-4,7,11H. The molecule has 0 fully saturated rings. The molecule has 60 valence electrons. The number of halogens is 3. The fourth-order valence-corrected chi connectivity index (χ4v) is 1.05. The van der Waals surface area contributed by atoms with Crippen molar-refractivity contribution in [3.63, 3.8) is 0 Å². The average Bonchev–Trinajstić information content (AvgIpc) is 1.93. The predicted molar refractivity (Wildman–Crippen MR) is 50.6 cm³/mol. The summed E-state index contributed by atoms with van der Waals surface area (Å²) in [4.78, 5) is -0.587. The Morgan fingerprint density at radius 2 is 1.64 bits per heavy atom. The van der Waals surface area contributed by atoms with Gasteiger partial charge in [0.25, 0.3) is 0 Å². The first-order chi connectivity index (χ1) is 5.18. The number of anilines is 1. The molecule has 0 aliphatic rings. The van der Waals surface area contributed by atoms with Gasteiger partial charge in [-0.1, -0.05) is 34.8 Å². The molecule has 0 heterocycles. The van der Waals surface area contributed by atoms with E-state index in [2.05, 4.69) is 5.32 Å². The minimum atomic E-state index is -0.587. The van der Waals surface area contributed by atoms with E-state index < -0.39 is 4.96 Å². The molecule has 0 atom stereocenters. The minimum Gasteiger partial charge on any atom is -0.357 e. The van der Waals surface area contributed by atoms with E-state index >= 15 is 0 Å². The Kier molecular flexibility index (Phi) is 3.31. The molecule has 1 nitrogen and oxygen atoms in total. The molecule has 0 saturated heterocycles. The fraction of sp³-hybridized carbons (Fsp3) is 0.143. The molecule has 0 unspecified atom stereocenters. The topological polar surface area (TPSA) is 12.0 Å². The molecule has 1 rings (SSSR count). The fourth-order valence-electron chi connectivity index (χ4n) is 0.672. The zero-order valence-corrected chi connectivity index (χ0v) is 7.79. The van der Waals surface area contributed by atoms with E-state index in [1.807, 2.05) is 0 Å². The van der Waals surface area contributed by atoms with Crippen molar-refractivity contribution < 1.29 is 0 Å². The molecule has 0 bridgehead atoms. The number of hydrogen-bond donors (Lipinski definition) is 1. The maximum absolute atomic E-state index is 5.65. The van der Waals surface area contributed by atoms with Crippen molar-refractivity contribution in [3.8, 4) is 0 Å². The molecule has 0 spiro atoms. The maximum Gasteiger partial charge on any atom is 0.177 e. The van der Waals surface area contributed by atoms with Gasteiger partial charge in [-0.3, -0.25) is 0 Å². The number of nitrogens with one attached hydrogen (secondary N) is 1. The molecule has 0 amide bonds. The smallest absolute Gasteiger partial charge is 0.177 e. The predicted octanol–water partition coefficient (Wildman–Crippen LogP) is 3.51. The van der Waals surface area contributed by atoms with E-state index in [0.29, 0.717) is 5.02 Å². The number of hydrogen-bond acceptors (Lipinski definition) is 1. The highest BCUT2D eigenvalue weighted by molar-refractivity contribution is 6.45. The lowest BCUT2D eigenvalue weighted by Crippen LogP contribution is -2.02. The number of rotatable bonds is 2. The van der Waals surface area contributed by atoms with Crippen LogP contribution in [0.1, 0.15) is 0 Å². The summed E-state index contributed by atoms with van der Waals surface area (Å²) in [5.41, 5.74) is 0.851. The van der Waals surface area contributed by atoms with Gasteiger partial charge in [0.1, 0.15) is 0 Å². The lowest BCUT2D eigenvalue weighted by molar-refractivity contribution is 1.36. The molecule has 4 heteroatoms. The monoisotopic (exact) mass is 209 g/mol. The number of benzene rings is 1. The molecular formula is C7H6Cl3N. The summed E-state index contributed by atoms with van der Waals surface area (Å²) in [6, 6.07) is 7.14. The van der Waals surface area contributed by atoms with Gasteiger partial charge in [-0.2, -0.15) is 0 Å². The number of alkyl halides is 2. The minimum absolute atomic E-state index is 0.587. The highest BCUT2D eigenvalue weighted by Gasteiger charge is 1.96. The molecular weight excluding hydrogens is 204 g/mol. The van der Waals surface area contributed by atoms with Crippen LogP contribution in [0.5, 0.6) is 0 Å². The summed E-state index contributed by atoms with van der Waals surface area (Å²) in [7, 11) is 0. The van der Waals surface area contributed by atoms with Crippen molar-refractivity contribution >= 4 is 40.5 Å². The van der Waals surface area contributed by atoms with Crippen molar-refractivity contribution in [1.82, 2.24) is 0 Å². The Hall–Kier alpha value is -0.110. The van der Waals surface area contributed by atoms with Crippen molar-refractivity contribution in [1.29, 1.82) is 0 Å².